The SMILES string of the molecule is CCc1ccc(C=CC2=Nc3ccc(Cl)cc3C2(C)C)s1. The van der Waals surface area contributed by atoms with E-state index in [1.54, 1.807) is 0 Å². The van der Waals surface area contributed by atoms with Crippen LogP contribution in [0.5, 0.6) is 0 Å². The highest BCUT2D eigenvalue weighted by atomic mass is 35.5. The quantitative estimate of drug-likeness (QED) is 0.654. The molecule has 0 unspecified atom stereocenters. The molecular formula is C18H18ClNS. The van der Waals surface area contributed by atoms with Gasteiger partial charge in [-0.05, 0) is 54.5 Å². The second-order valence-corrected chi connectivity index (χ2v) is 7.41. The molecule has 0 bridgehead atoms. The van der Waals surface area contributed by atoms with Crippen LogP contribution in [0, 0.1) is 0 Å². The largest absolute Gasteiger partial charge is 0.252 e. The van der Waals surface area contributed by atoms with Crippen LogP contribution in [0.2, 0.25) is 5.02 Å². The Labute approximate surface area is 135 Å². The summed E-state index contributed by atoms with van der Waals surface area (Å²) in [4.78, 5) is 7.45. The van der Waals surface area contributed by atoms with Gasteiger partial charge in [-0.25, -0.2) is 0 Å². The molecule has 0 spiro atoms. The Hall–Kier alpha value is -1.38. The lowest BCUT2D eigenvalue weighted by molar-refractivity contribution is 0.740. The molecular weight excluding hydrogens is 298 g/mol. The molecule has 0 radical (unpaired) electrons. The molecule has 0 atom stereocenters. The number of rotatable bonds is 3. The van der Waals surface area contributed by atoms with Gasteiger partial charge in [0.15, 0.2) is 0 Å². The van der Waals surface area contributed by atoms with Crippen molar-refractivity contribution in [2.45, 2.75) is 32.6 Å². The molecule has 1 aliphatic heterocycles. The van der Waals surface area contributed by atoms with E-state index in [2.05, 4.69) is 45.1 Å². The van der Waals surface area contributed by atoms with E-state index in [0.29, 0.717) is 0 Å². The summed E-state index contributed by atoms with van der Waals surface area (Å²) < 4.78 is 0. The molecule has 1 aromatic carbocycles. The highest BCUT2D eigenvalue weighted by Crippen LogP contribution is 2.41. The topological polar surface area (TPSA) is 12.4 Å². The average molecular weight is 316 g/mol. The molecule has 21 heavy (non-hydrogen) atoms. The van der Waals surface area contributed by atoms with Crippen LogP contribution in [-0.4, -0.2) is 5.71 Å². The minimum Gasteiger partial charge on any atom is -0.252 e. The number of hydrogen-bond donors (Lipinski definition) is 0. The monoisotopic (exact) mass is 315 g/mol. The van der Waals surface area contributed by atoms with E-state index in [9.17, 15) is 0 Å². The third kappa shape index (κ3) is 2.70. The van der Waals surface area contributed by atoms with Gasteiger partial charge in [-0.2, -0.15) is 0 Å². The van der Waals surface area contributed by atoms with Crippen molar-refractivity contribution in [1.82, 2.24) is 0 Å². The van der Waals surface area contributed by atoms with Crippen molar-refractivity contribution in [3.63, 3.8) is 0 Å². The predicted octanol–water partition coefficient (Wildman–Crippen LogP) is 6.04. The summed E-state index contributed by atoms with van der Waals surface area (Å²) >= 11 is 7.96. The van der Waals surface area contributed by atoms with Gasteiger partial charge >= 0.3 is 0 Å². The van der Waals surface area contributed by atoms with Gasteiger partial charge in [-0.15, -0.1) is 11.3 Å². The predicted molar refractivity (Wildman–Crippen MR) is 94.3 cm³/mol. The fourth-order valence-electron chi connectivity index (χ4n) is 2.59. The van der Waals surface area contributed by atoms with Crippen LogP contribution in [-0.2, 0) is 11.8 Å². The fourth-order valence-corrected chi connectivity index (χ4v) is 3.62. The van der Waals surface area contributed by atoms with Gasteiger partial charge in [0.1, 0.15) is 0 Å². The first-order chi connectivity index (χ1) is 10.0. The van der Waals surface area contributed by atoms with Crippen molar-refractivity contribution in [2.75, 3.05) is 0 Å². The number of nitrogens with zero attached hydrogens (tertiary/aromatic N) is 1. The summed E-state index contributed by atoms with van der Waals surface area (Å²) in [5.41, 5.74) is 3.23. The third-order valence-electron chi connectivity index (χ3n) is 3.95. The van der Waals surface area contributed by atoms with E-state index in [0.717, 1.165) is 22.8 Å². The second-order valence-electron chi connectivity index (χ2n) is 5.77. The second kappa shape index (κ2) is 5.43. The summed E-state index contributed by atoms with van der Waals surface area (Å²) in [5, 5.41) is 0.771. The standard InChI is InChI=1S/C18H18ClNS/c1-4-13-6-7-14(21-13)8-10-17-18(2,3)15-11-12(19)5-9-16(15)20-17/h5-11H,4H2,1-3H3. The van der Waals surface area contributed by atoms with Crippen molar-refractivity contribution in [3.05, 3.63) is 56.7 Å². The number of aryl methyl sites for hydroxylation is 1. The zero-order valence-corrected chi connectivity index (χ0v) is 14.1. The highest BCUT2D eigenvalue weighted by molar-refractivity contribution is 7.12. The number of allylic oxidation sites excluding steroid dienone is 1. The number of benzene rings is 1. The molecule has 1 aliphatic rings. The van der Waals surface area contributed by atoms with Crippen molar-refractivity contribution >= 4 is 40.4 Å². The van der Waals surface area contributed by atoms with Gasteiger partial charge in [0.2, 0.25) is 0 Å². The van der Waals surface area contributed by atoms with Gasteiger partial charge in [-0.1, -0.05) is 32.4 Å². The normalized spacial score (nSPS) is 16.3. The number of thiophene rings is 1. The molecule has 108 valence electrons. The summed E-state index contributed by atoms with van der Waals surface area (Å²) in [6.07, 6.45) is 5.39. The fraction of sp³-hybridized carbons (Fsp3) is 0.278. The van der Waals surface area contributed by atoms with Crippen molar-refractivity contribution in [1.29, 1.82) is 0 Å². The van der Waals surface area contributed by atoms with Gasteiger partial charge in [-0.3, -0.25) is 4.99 Å². The number of fused-ring (bicyclic) bond motifs is 1. The van der Waals surface area contributed by atoms with Crippen LogP contribution in [0.15, 0.2) is 41.4 Å². The van der Waals surface area contributed by atoms with Crippen LogP contribution < -0.4 is 0 Å². The average Bonchev–Trinajstić information content (AvgIpc) is 3.00. The molecule has 3 heteroatoms. The zero-order valence-electron chi connectivity index (χ0n) is 12.5. The zero-order chi connectivity index (χ0) is 15.0. The Morgan fingerprint density at radius 1 is 1.19 bits per heavy atom. The van der Waals surface area contributed by atoms with Crippen LogP contribution in [0.4, 0.5) is 5.69 Å². The van der Waals surface area contributed by atoms with Crippen LogP contribution in [0.25, 0.3) is 6.08 Å². The maximum atomic E-state index is 6.12. The summed E-state index contributed by atoms with van der Waals surface area (Å²) in [6, 6.07) is 10.3. The lowest BCUT2D eigenvalue weighted by atomic mass is 9.81. The van der Waals surface area contributed by atoms with Gasteiger partial charge in [0.25, 0.3) is 0 Å². The molecule has 0 aliphatic carbocycles. The summed E-state index contributed by atoms with van der Waals surface area (Å²) in [7, 11) is 0. The number of aliphatic imine (C=N–C) groups is 1. The number of hydrogen-bond acceptors (Lipinski definition) is 2. The Kier molecular flexibility index (Phi) is 3.76. The first kappa shape index (κ1) is 14.6. The van der Waals surface area contributed by atoms with Crippen molar-refractivity contribution in [3.8, 4) is 0 Å². The van der Waals surface area contributed by atoms with E-state index >= 15 is 0 Å². The first-order valence-corrected chi connectivity index (χ1v) is 8.36. The highest BCUT2D eigenvalue weighted by Gasteiger charge is 2.33. The Bertz CT molecular complexity index is 737. The molecule has 0 saturated carbocycles. The Morgan fingerprint density at radius 3 is 2.71 bits per heavy atom. The lowest BCUT2D eigenvalue weighted by Crippen LogP contribution is -2.23. The Balaban J connectivity index is 1.90. The first-order valence-electron chi connectivity index (χ1n) is 7.16. The Morgan fingerprint density at radius 2 is 2.00 bits per heavy atom. The van der Waals surface area contributed by atoms with Gasteiger partial charge in [0.05, 0.1) is 11.4 Å². The van der Waals surface area contributed by atoms with E-state index in [4.69, 9.17) is 16.6 Å². The van der Waals surface area contributed by atoms with Crippen molar-refractivity contribution < 1.29 is 0 Å². The lowest BCUT2D eigenvalue weighted by Gasteiger charge is -2.20. The molecule has 1 aromatic heterocycles. The molecule has 1 nitrogen and oxygen atoms in total. The molecule has 0 fully saturated rings. The maximum absolute atomic E-state index is 6.12. The van der Waals surface area contributed by atoms with Crippen LogP contribution in [0.3, 0.4) is 0 Å². The van der Waals surface area contributed by atoms with Gasteiger partial charge in [0, 0.05) is 20.2 Å². The van der Waals surface area contributed by atoms with Crippen LogP contribution >= 0.6 is 22.9 Å². The number of halogens is 1. The summed E-state index contributed by atoms with van der Waals surface area (Å²) in [6.45, 7) is 6.58. The summed E-state index contributed by atoms with van der Waals surface area (Å²) in [5.74, 6) is 0. The molecule has 0 saturated heterocycles. The minimum atomic E-state index is -0.0957. The van der Waals surface area contributed by atoms with E-state index in [1.807, 2.05) is 29.5 Å². The third-order valence-corrected chi connectivity index (χ3v) is 5.38. The molecule has 2 aromatic rings. The van der Waals surface area contributed by atoms with Crippen LogP contribution in [0.1, 0.15) is 36.1 Å². The maximum Gasteiger partial charge on any atom is 0.0675 e. The molecule has 2 heterocycles. The molecule has 0 amide bonds. The van der Waals surface area contributed by atoms with E-state index in [1.165, 1.54) is 15.3 Å². The van der Waals surface area contributed by atoms with E-state index < -0.39 is 0 Å². The van der Waals surface area contributed by atoms with E-state index in [-0.39, 0.29) is 5.41 Å². The van der Waals surface area contributed by atoms with Crippen molar-refractivity contribution in [2.24, 2.45) is 4.99 Å². The minimum absolute atomic E-state index is 0.0957. The van der Waals surface area contributed by atoms with Gasteiger partial charge < -0.3 is 0 Å². The smallest absolute Gasteiger partial charge is 0.0675 e. The molecule has 3 rings (SSSR count). The molecule has 0 N–H and O–H groups in total.